The third-order valence-corrected chi connectivity index (χ3v) is 6.27. The minimum absolute atomic E-state index is 0.0718. The Hall–Kier alpha value is -4.12. The summed E-state index contributed by atoms with van der Waals surface area (Å²) in [7, 11) is 2.77. The molecule has 1 fully saturated rings. The predicted octanol–water partition coefficient (Wildman–Crippen LogP) is 3.08. The first-order valence-corrected chi connectivity index (χ1v) is 11.4. The van der Waals surface area contributed by atoms with Gasteiger partial charge in [0.1, 0.15) is 22.8 Å². The zero-order valence-corrected chi connectivity index (χ0v) is 20.6. The van der Waals surface area contributed by atoms with Gasteiger partial charge in [-0.05, 0) is 36.9 Å². The van der Waals surface area contributed by atoms with Crippen LogP contribution < -0.4 is 9.47 Å². The Balaban J connectivity index is 2.27. The first-order chi connectivity index (χ1) is 17.2. The second-order valence-electron chi connectivity index (χ2n) is 8.06. The second-order valence-corrected chi connectivity index (χ2v) is 8.06. The molecule has 11 nitrogen and oxygen atoms in total. The van der Waals surface area contributed by atoms with Crippen molar-refractivity contribution >= 4 is 23.1 Å². The fourth-order valence-corrected chi connectivity index (χ4v) is 4.32. The van der Waals surface area contributed by atoms with E-state index < -0.39 is 39.9 Å². The van der Waals surface area contributed by atoms with Crippen LogP contribution >= 0.6 is 0 Å². The summed E-state index contributed by atoms with van der Waals surface area (Å²) in [6.45, 7) is 5.93. The lowest BCUT2D eigenvalue weighted by molar-refractivity contribution is -0.385. The summed E-state index contributed by atoms with van der Waals surface area (Å²) in [4.78, 5) is 40.6. The number of Topliss-reactive ketones (excluding diaryl/α,β-unsaturated/α-hetero) is 1. The Labute approximate surface area is 208 Å². The maximum Gasteiger partial charge on any atom is 0.311 e. The number of phenols is 1. The van der Waals surface area contributed by atoms with Crippen LogP contribution in [0, 0.1) is 10.1 Å². The molecule has 0 aliphatic carbocycles. The normalized spacial score (nSPS) is 17.0. The molecule has 192 valence electrons. The van der Waals surface area contributed by atoms with Crippen molar-refractivity contribution in [1.29, 1.82) is 0 Å². The zero-order chi connectivity index (χ0) is 26.6. The van der Waals surface area contributed by atoms with Crippen LogP contribution in [0.25, 0.3) is 5.76 Å². The lowest BCUT2D eigenvalue weighted by Gasteiger charge is -2.28. The molecule has 1 aliphatic heterocycles. The van der Waals surface area contributed by atoms with Gasteiger partial charge in [0.25, 0.3) is 11.7 Å². The molecule has 0 radical (unpaired) electrons. The number of rotatable bonds is 10. The van der Waals surface area contributed by atoms with E-state index in [1.54, 1.807) is 18.2 Å². The van der Waals surface area contributed by atoms with Crippen LogP contribution in [0.4, 0.5) is 5.69 Å². The SMILES string of the molecule is CCN(CC)CCN1C(=O)C(=O)/C(=C(/O)c2c(OC)cccc2OC)C1c1ccc(O)c([N+](=O)[O-])c1. The number of hydrogen-bond donors (Lipinski definition) is 2. The van der Waals surface area contributed by atoms with Gasteiger partial charge < -0.3 is 29.5 Å². The largest absolute Gasteiger partial charge is 0.506 e. The van der Waals surface area contributed by atoms with E-state index in [1.807, 2.05) is 13.8 Å². The van der Waals surface area contributed by atoms with E-state index in [-0.39, 0.29) is 34.7 Å². The molecule has 2 N–H and O–H groups in total. The number of nitro groups is 1. The molecule has 0 spiro atoms. The number of ether oxygens (including phenoxy) is 2. The number of nitrogens with zero attached hydrogens (tertiary/aromatic N) is 3. The van der Waals surface area contributed by atoms with Crippen LogP contribution in [-0.4, -0.2) is 77.0 Å². The lowest BCUT2D eigenvalue weighted by Crippen LogP contribution is -2.38. The lowest BCUT2D eigenvalue weighted by atomic mass is 9.94. The molecule has 36 heavy (non-hydrogen) atoms. The van der Waals surface area contributed by atoms with Gasteiger partial charge in [0.15, 0.2) is 5.75 Å². The maximum absolute atomic E-state index is 13.3. The molecule has 0 aromatic heterocycles. The number of carbonyl (C=O) groups excluding carboxylic acids is 2. The Kier molecular flexibility index (Phi) is 8.15. The van der Waals surface area contributed by atoms with Gasteiger partial charge >= 0.3 is 5.69 Å². The fourth-order valence-electron chi connectivity index (χ4n) is 4.32. The minimum Gasteiger partial charge on any atom is -0.506 e. The highest BCUT2D eigenvalue weighted by Gasteiger charge is 2.47. The summed E-state index contributed by atoms with van der Waals surface area (Å²) < 4.78 is 10.7. The van der Waals surface area contributed by atoms with Crippen molar-refractivity contribution in [2.45, 2.75) is 19.9 Å². The highest BCUT2D eigenvalue weighted by Crippen LogP contribution is 2.44. The van der Waals surface area contributed by atoms with Gasteiger partial charge in [-0.2, -0.15) is 0 Å². The fraction of sp³-hybridized carbons (Fsp3) is 0.360. The molecule has 2 aromatic rings. The van der Waals surface area contributed by atoms with Crippen molar-refractivity contribution in [3.8, 4) is 17.2 Å². The monoisotopic (exact) mass is 499 g/mol. The Morgan fingerprint density at radius 1 is 1.11 bits per heavy atom. The van der Waals surface area contributed by atoms with Crippen LogP contribution in [0.3, 0.4) is 0 Å². The number of methoxy groups -OCH3 is 2. The second kappa shape index (κ2) is 11.1. The standard InChI is InChI=1S/C25H29N3O8/c1-5-26(6-2)12-13-27-22(15-10-11-17(29)16(14-15)28(33)34)21(24(31)25(27)32)23(30)20-18(35-3)8-7-9-19(20)36-4/h7-11,14,22,29-30H,5-6,12-13H2,1-4H3/b23-21+. The molecule has 11 heteroatoms. The summed E-state index contributed by atoms with van der Waals surface area (Å²) >= 11 is 0. The summed E-state index contributed by atoms with van der Waals surface area (Å²) in [5, 5.41) is 32.9. The average Bonchev–Trinajstić information content (AvgIpc) is 3.13. The number of amides is 1. The summed E-state index contributed by atoms with van der Waals surface area (Å²) in [5.41, 5.74) is -0.588. The van der Waals surface area contributed by atoms with E-state index in [1.165, 1.54) is 25.2 Å². The van der Waals surface area contributed by atoms with Gasteiger partial charge in [0.2, 0.25) is 0 Å². The molecule has 0 saturated carbocycles. The first kappa shape index (κ1) is 26.5. The van der Waals surface area contributed by atoms with E-state index >= 15 is 0 Å². The van der Waals surface area contributed by atoms with Gasteiger partial charge in [0.05, 0.1) is 30.8 Å². The number of carbonyl (C=O) groups is 2. The van der Waals surface area contributed by atoms with Crippen LogP contribution in [-0.2, 0) is 9.59 Å². The van der Waals surface area contributed by atoms with Gasteiger partial charge in [-0.1, -0.05) is 26.0 Å². The van der Waals surface area contributed by atoms with E-state index in [0.29, 0.717) is 19.6 Å². The number of hydrogen-bond acceptors (Lipinski definition) is 9. The van der Waals surface area contributed by atoms with Crippen LogP contribution in [0.2, 0.25) is 0 Å². The van der Waals surface area contributed by atoms with Crippen molar-refractivity contribution in [3.63, 3.8) is 0 Å². The molecule has 1 atom stereocenters. The van der Waals surface area contributed by atoms with Crippen molar-refractivity contribution in [2.24, 2.45) is 0 Å². The first-order valence-electron chi connectivity index (χ1n) is 11.4. The highest BCUT2D eigenvalue weighted by atomic mass is 16.6. The van der Waals surface area contributed by atoms with Crippen molar-refractivity contribution in [3.05, 3.63) is 63.2 Å². The minimum atomic E-state index is -1.14. The van der Waals surface area contributed by atoms with Crippen LogP contribution in [0.1, 0.15) is 31.0 Å². The van der Waals surface area contributed by atoms with Gasteiger partial charge in [0, 0.05) is 19.2 Å². The van der Waals surface area contributed by atoms with Crippen molar-refractivity contribution in [2.75, 3.05) is 40.4 Å². The van der Waals surface area contributed by atoms with Crippen LogP contribution in [0.15, 0.2) is 42.0 Å². The Morgan fingerprint density at radius 2 is 1.72 bits per heavy atom. The molecule has 0 bridgehead atoms. The highest BCUT2D eigenvalue weighted by molar-refractivity contribution is 6.46. The van der Waals surface area contributed by atoms with Gasteiger partial charge in [-0.15, -0.1) is 0 Å². The topological polar surface area (TPSA) is 143 Å². The molecule has 1 amide bonds. The summed E-state index contributed by atoms with van der Waals surface area (Å²) in [6, 6.07) is 7.23. The summed E-state index contributed by atoms with van der Waals surface area (Å²) in [5.74, 6) is -2.48. The molecular weight excluding hydrogens is 470 g/mol. The molecule has 2 aromatic carbocycles. The number of benzene rings is 2. The smallest absolute Gasteiger partial charge is 0.311 e. The van der Waals surface area contributed by atoms with E-state index in [0.717, 1.165) is 12.1 Å². The number of nitro benzene ring substituents is 1. The summed E-state index contributed by atoms with van der Waals surface area (Å²) in [6.07, 6.45) is 0. The third kappa shape index (κ3) is 4.82. The number of likely N-dealkylation sites (N-methyl/N-ethyl adjacent to an activating group) is 1. The van der Waals surface area contributed by atoms with E-state index in [9.17, 15) is 29.9 Å². The molecule has 3 rings (SSSR count). The average molecular weight is 500 g/mol. The molecule has 1 heterocycles. The van der Waals surface area contributed by atoms with Crippen molar-refractivity contribution in [1.82, 2.24) is 9.80 Å². The van der Waals surface area contributed by atoms with E-state index in [4.69, 9.17) is 9.47 Å². The molecular formula is C25H29N3O8. The molecule has 1 unspecified atom stereocenters. The number of aliphatic hydroxyl groups is 1. The quantitative estimate of drug-likeness (QED) is 0.166. The number of aliphatic hydroxyl groups excluding tert-OH is 1. The maximum atomic E-state index is 13.3. The van der Waals surface area contributed by atoms with Gasteiger partial charge in [-0.25, -0.2) is 0 Å². The number of phenolic OH excluding ortho intramolecular Hbond substituents is 1. The third-order valence-electron chi connectivity index (χ3n) is 6.27. The molecule has 1 saturated heterocycles. The Bertz CT molecular complexity index is 1180. The van der Waals surface area contributed by atoms with Crippen molar-refractivity contribution < 1.29 is 34.2 Å². The number of likely N-dealkylation sites (tertiary alicyclic amines) is 1. The Morgan fingerprint density at radius 3 is 2.25 bits per heavy atom. The van der Waals surface area contributed by atoms with E-state index in [2.05, 4.69) is 4.90 Å². The zero-order valence-electron chi connectivity index (χ0n) is 20.6. The van der Waals surface area contributed by atoms with Gasteiger partial charge in [-0.3, -0.25) is 19.7 Å². The van der Waals surface area contributed by atoms with Crippen LogP contribution in [0.5, 0.6) is 17.2 Å². The molecule has 1 aliphatic rings. The predicted molar refractivity (Wildman–Crippen MR) is 131 cm³/mol. The number of aromatic hydroxyl groups is 1. The number of ketones is 1.